The highest BCUT2D eigenvalue weighted by molar-refractivity contribution is 7.87. The van der Waals surface area contributed by atoms with Crippen LogP contribution < -0.4 is 0 Å². The molecule has 0 spiro atoms. The molecular weight excluding hydrogens is 589 g/mol. The van der Waals surface area contributed by atoms with Gasteiger partial charge in [0.25, 0.3) is 12.9 Å². The van der Waals surface area contributed by atoms with Gasteiger partial charge in [-0.1, -0.05) is 14.9 Å². The molecule has 2 rings (SSSR count). The summed E-state index contributed by atoms with van der Waals surface area (Å²) in [6, 6.07) is 0. The number of aliphatic carboxylic acids is 1. The fourth-order valence-electron chi connectivity index (χ4n) is 3.04. The number of carboxylic acids is 1. The molecule has 1 aliphatic carbocycles. The minimum atomic E-state index is -5.87. The number of rotatable bonds is 9. The monoisotopic (exact) mass is 628 g/mol. The van der Waals surface area contributed by atoms with E-state index in [-0.39, 0.29) is 39.5 Å². The highest BCUT2D eigenvalue weighted by atomic mass is 32.2. The average molecular weight is 629 g/mol. The van der Waals surface area contributed by atoms with Crippen molar-refractivity contribution in [2.45, 2.75) is 97.0 Å². The number of hydrogen-bond acceptors (Lipinski definition) is 9. The van der Waals surface area contributed by atoms with E-state index < -0.39 is 59.9 Å². The Morgan fingerprint density at radius 3 is 1.85 bits per heavy atom. The lowest BCUT2D eigenvalue weighted by Gasteiger charge is -2.26. The molecule has 242 valence electrons. The van der Waals surface area contributed by atoms with Gasteiger partial charge >= 0.3 is 27.6 Å². The predicted octanol–water partition coefficient (Wildman–Crippen LogP) is 4.39. The van der Waals surface area contributed by atoms with E-state index in [9.17, 15) is 53.8 Å². The largest absolute Gasteiger partial charge is 0.523 e. The van der Waals surface area contributed by atoms with Gasteiger partial charge in [0.05, 0.1) is 31.3 Å². The molecular formula is C22H39F7O10S. The minimum Gasteiger partial charge on any atom is -0.479 e. The minimum absolute atomic E-state index is 0. The number of ether oxygens (including phenoxy) is 3. The third-order valence-electron chi connectivity index (χ3n) is 4.92. The van der Waals surface area contributed by atoms with Crippen molar-refractivity contribution in [1.29, 1.82) is 0 Å². The molecule has 0 bridgehead atoms. The molecule has 18 heteroatoms. The summed E-state index contributed by atoms with van der Waals surface area (Å²) in [6.07, 6.45) is -3.38. The summed E-state index contributed by atoms with van der Waals surface area (Å²) in [5.41, 5.74) is -5.65. The van der Waals surface area contributed by atoms with Crippen molar-refractivity contribution in [3.63, 3.8) is 0 Å². The van der Waals surface area contributed by atoms with Crippen LogP contribution in [0.25, 0.3) is 0 Å². The Kier molecular flexibility index (Phi) is 22.4. The number of carbonyl (C=O) groups is 2. The van der Waals surface area contributed by atoms with Crippen LogP contribution in [0.5, 0.6) is 0 Å². The van der Waals surface area contributed by atoms with Gasteiger partial charge in [0.2, 0.25) is 0 Å². The van der Waals surface area contributed by atoms with Crippen molar-refractivity contribution in [1.82, 2.24) is 0 Å². The number of aliphatic hydroxyl groups excluding tert-OH is 1. The molecule has 1 saturated carbocycles. The lowest BCUT2D eigenvalue weighted by Crippen LogP contribution is -2.36. The highest BCUT2D eigenvalue weighted by Crippen LogP contribution is 2.25. The van der Waals surface area contributed by atoms with Gasteiger partial charge in [-0.05, 0) is 45.4 Å². The van der Waals surface area contributed by atoms with Crippen molar-refractivity contribution in [3.05, 3.63) is 0 Å². The molecule has 0 aromatic heterocycles. The van der Waals surface area contributed by atoms with Crippen LogP contribution in [-0.4, -0.2) is 93.7 Å². The molecule has 1 saturated heterocycles. The molecule has 2 N–H and O–H groups in total. The lowest BCUT2D eigenvalue weighted by atomic mass is 9.88. The Morgan fingerprint density at radius 1 is 0.950 bits per heavy atom. The summed E-state index contributed by atoms with van der Waals surface area (Å²) in [5, 5.41) is 17.7. The average Bonchev–Trinajstić information content (AvgIpc) is 2.82. The quantitative estimate of drug-likeness (QED) is 0.163. The lowest BCUT2D eigenvalue weighted by molar-refractivity contribution is -0.162. The zero-order valence-electron chi connectivity index (χ0n) is 20.2. The van der Waals surface area contributed by atoms with E-state index in [1.165, 1.54) is 0 Å². The molecule has 0 amide bonds. The van der Waals surface area contributed by atoms with Crippen LogP contribution in [0.4, 0.5) is 30.7 Å². The highest BCUT2D eigenvalue weighted by Gasteiger charge is 2.47. The fourth-order valence-corrected chi connectivity index (χ4v) is 3.46. The molecule has 2 fully saturated rings. The van der Waals surface area contributed by atoms with E-state index in [4.69, 9.17) is 19.3 Å². The first-order valence-corrected chi connectivity index (χ1v) is 12.7. The Morgan fingerprint density at radius 2 is 1.48 bits per heavy atom. The number of esters is 1. The topological polar surface area (TPSA) is 146 Å². The van der Waals surface area contributed by atoms with Crippen LogP contribution in [-0.2, 0) is 38.1 Å². The van der Waals surface area contributed by atoms with E-state index in [1.54, 1.807) is 0 Å². The van der Waals surface area contributed by atoms with Crippen molar-refractivity contribution in [2.75, 3.05) is 26.4 Å². The Hall–Kier alpha value is -1.76. The Balaban J connectivity index is -0.000000503. The predicted molar refractivity (Wildman–Crippen MR) is 127 cm³/mol. The third-order valence-corrected chi connectivity index (χ3v) is 5.93. The smallest absolute Gasteiger partial charge is 0.479 e. The van der Waals surface area contributed by atoms with Gasteiger partial charge in [-0.25, -0.2) is 22.4 Å². The molecule has 1 heterocycles. The Bertz CT molecular complexity index is 781. The summed E-state index contributed by atoms with van der Waals surface area (Å²) in [7, 11) is -5.87. The number of halogens is 7. The van der Waals surface area contributed by atoms with E-state index >= 15 is 0 Å². The second kappa shape index (κ2) is 21.0. The molecule has 2 atom stereocenters. The molecule has 0 aromatic rings. The number of aliphatic hydroxyl groups is 1. The zero-order chi connectivity index (χ0) is 29.5. The first kappa shape index (κ1) is 42.7. The number of hydrogen-bond donors (Lipinski definition) is 2. The second-order valence-electron chi connectivity index (χ2n) is 7.92. The summed E-state index contributed by atoms with van der Waals surface area (Å²) < 4.78 is 117. The fraction of sp³-hybridized carbons (Fsp3) is 0.909. The van der Waals surface area contributed by atoms with E-state index in [0.717, 1.165) is 25.7 Å². The number of carbonyl (C=O) groups excluding carboxylic acids is 1. The first-order valence-electron chi connectivity index (χ1n) is 11.3. The summed E-state index contributed by atoms with van der Waals surface area (Å²) in [6.45, 7) is -0.0647. The van der Waals surface area contributed by atoms with Crippen molar-refractivity contribution in [3.8, 4) is 0 Å². The molecule has 10 nitrogen and oxygen atoms in total. The van der Waals surface area contributed by atoms with Crippen molar-refractivity contribution >= 4 is 22.1 Å². The van der Waals surface area contributed by atoms with Crippen LogP contribution in [0, 0.1) is 5.92 Å². The van der Waals surface area contributed by atoms with E-state index in [2.05, 4.69) is 4.18 Å². The van der Waals surface area contributed by atoms with Crippen LogP contribution in [0.1, 0.15) is 60.3 Å². The van der Waals surface area contributed by atoms with Crippen LogP contribution in [0.15, 0.2) is 0 Å². The SMILES string of the molecule is C.C.CCOC(=O)C1CCC(O)CC1.O=C(O)C1CCC(OCC(F)F)CO1.O=S(=O)(OCC(F)F)C(F)(F)F. The zero-order valence-corrected chi connectivity index (χ0v) is 21.1. The maximum atomic E-state index is 11.7. The maximum absolute atomic E-state index is 11.7. The maximum Gasteiger partial charge on any atom is 0.523 e. The summed E-state index contributed by atoms with van der Waals surface area (Å²) in [4.78, 5) is 21.6. The van der Waals surface area contributed by atoms with Crippen molar-refractivity contribution < 1.29 is 77.3 Å². The van der Waals surface area contributed by atoms with E-state index in [0.29, 0.717) is 19.4 Å². The van der Waals surface area contributed by atoms with Gasteiger partial charge in [0, 0.05) is 0 Å². The first-order chi connectivity index (χ1) is 17.5. The van der Waals surface area contributed by atoms with Crippen LogP contribution >= 0.6 is 0 Å². The van der Waals surface area contributed by atoms with E-state index in [1.807, 2.05) is 6.92 Å². The molecule has 2 unspecified atom stereocenters. The van der Waals surface area contributed by atoms with Gasteiger partial charge in [-0.2, -0.15) is 21.6 Å². The molecule has 0 aromatic carbocycles. The van der Waals surface area contributed by atoms with Gasteiger partial charge in [0.15, 0.2) is 6.10 Å². The van der Waals surface area contributed by atoms with Gasteiger partial charge in [0.1, 0.15) is 13.2 Å². The number of alkyl halides is 7. The standard InChI is InChI=1S/C9H16O3.C8H12F2O4.C3H3F5O3S.2CH4/c1-2-12-9(11)7-3-5-8(10)6-4-7;9-7(10)4-13-5-1-2-6(8(11)12)14-3-5;4-2(5)1-11-12(9,10)3(6,7)8;;/h7-8,10H,2-6H2,1H3;5-7H,1-4H2,(H,11,12);2H,1H2;2*1H4. The van der Waals surface area contributed by atoms with Gasteiger partial charge in [-0.3, -0.25) is 8.98 Å². The molecule has 0 radical (unpaired) electrons. The molecule has 1 aliphatic heterocycles. The second-order valence-corrected chi connectivity index (χ2v) is 9.52. The third kappa shape index (κ3) is 18.6. The summed E-state index contributed by atoms with van der Waals surface area (Å²) >= 11 is 0. The van der Waals surface area contributed by atoms with Crippen molar-refractivity contribution in [2.24, 2.45) is 5.92 Å². The summed E-state index contributed by atoms with van der Waals surface area (Å²) in [5.74, 6) is -1.07. The van der Waals surface area contributed by atoms with Gasteiger partial charge < -0.3 is 24.4 Å². The Labute approximate surface area is 229 Å². The van der Waals surface area contributed by atoms with Gasteiger partial charge in [-0.15, -0.1) is 0 Å². The molecule has 2 aliphatic rings. The number of carboxylic acid groups (broad SMARTS) is 1. The van der Waals surface area contributed by atoms with Crippen LogP contribution in [0.3, 0.4) is 0 Å². The molecule has 40 heavy (non-hydrogen) atoms. The normalized spacial score (nSPS) is 22.9. The van der Waals surface area contributed by atoms with Crippen LogP contribution in [0.2, 0.25) is 0 Å².